The van der Waals surface area contributed by atoms with Gasteiger partial charge in [0.2, 0.25) is 0 Å². The highest BCUT2D eigenvalue weighted by molar-refractivity contribution is 6.06. The second-order valence-electron chi connectivity index (χ2n) is 7.71. The second kappa shape index (κ2) is 11.8. The maximum atomic E-state index is 13.4. The molecule has 3 aromatic rings. The molecule has 0 saturated heterocycles. The lowest BCUT2D eigenvalue weighted by Crippen LogP contribution is -2.34. The lowest BCUT2D eigenvalue weighted by molar-refractivity contribution is 0.0953. The first-order valence-electron chi connectivity index (χ1n) is 11.1. The molecule has 0 aliphatic carbocycles. The van der Waals surface area contributed by atoms with E-state index in [2.05, 4.69) is 12.2 Å². The first-order chi connectivity index (χ1) is 15.6. The minimum atomic E-state index is -0.353. The van der Waals surface area contributed by atoms with E-state index >= 15 is 0 Å². The molecule has 3 rings (SSSR count). The zero-order valence-electron chi connectivity index (χ0n) is 18.4. The van der Waals surface area contributed by atoms with Crippen LogP contribution in [0, 0.1) is 5.82 Å². The van der Waals surface area contributed by atoms with Crippen LogP contribution in [0.15, 0.2) is 78.9 Å². The Morgan fingerprint density at radius 2 is 1.53 bits per heavy atom. The van der Waals surface area contributed by atoms with Crippen molar-refractivity contribution in [1.29, 1.82) is 0 Å². The van der Waals surface area contributed by atoms with Crippen LogP contribution in [0.1, 0.15) is 52.5 Å². The Balaban J connectivity index is 1.58. The predicted molar refractivity (Wildman–Crippen MR) is 127 cm³/mol. The van der Waals surface area contributed by atoms with Crippen LogP contribution in [-0.4, -0.2) is 24.9 Å². The van der Waals surface area contributed by atoms with Crippen molar-refractivity contribution in [1.82, 2.24) is 5.32 Å². The van der Waals surface area contributed by atoms with Crippen molar-refractivity contribution in [2.24, 2.45) is 0 Å². The molecule has 2 amide bonds. The summed E-state index contributed by atoms with van der Waals surface area (Å²) in [4.78, 5) is 27.1. The third-order valence-corrected chi connectivity index (χ3v) is 5.28. The van der Waals surface area contributed by atoms with Crippen LogP contribution in [0.25, 0.3) is 0 Å². The highest BCUT2D eigenvalue weighted by atomic mass is 19.1. The van der Waals surface area contributed by atoms with Gasteiger partial charge in [0, 0.05) is 29.9 Å². The van der Waals surface area contributed by atoms with Crippen LogP contribution >= 0.6 is 0 Å². The Morgan fingerprint density at radius 1 is 0.844 bits per heavy atom. The van der Waals surface area contributed by atoms with Crippen molar-refractivity contribution in [3.8, 4) is 0 Å². The fourth-order valence-corrected chi connectivity index (χ4v) is 3.45. The molecule has 3 aromatic carbocycles. The largest absolute Gasteiger partial charge is 0.352 e. The van der Waals surface area contributed by atoms with Gasteiger partial charge in [-0.2, -0.15) is 0 Å². The van der Waals surface area contributed by atoms with Crippen molar-refractivity contribution < 1.29 is 14.0 Å². The van der Waals surface area contributed by atoms with Crippen molar-refractivity contribution >= 4 is 17.5 Å². The first-order valence-corrected chi connectivity index (χ1v) is 11.1. The van der Waals surface area contributed by atoms with Gasteiger partial charge in [-0.05, 0) is 73.4 Å². The molecule has 0 spiro atoms. The van der Waals surface area contributed by atoms with E-state index in [1.807, 2.05) is 42.5 Å². The average Bonchev–Trinajstić information content (AvgIpc) is 2.84. The number of nitrogens with zero attached hydrogens (tertiary/aromatic N) is 1. The maximum Gasteiger partial charge on any atom is 0.258 e. The van der Waals surface area contributed by atoms with Crippen LogP contribution in [-0.2, 0) is 6.42 Å². The molecule has 0 saturated carbocycles. The van der Waals surface area contributed by atoms with Gasteiger partial charge in [-0.3, -0.25) is 9.59 Å². The van der Waals surface area contributed by atoms with E-state index in [1.165, 1.54) is 17.7 Å². The van der Waals surface area contributed by atoms with Crippen molar-refractivity contribution in [3.63, 3.8) is 0 Å². The van der Waals surface area contributed by atoms with E-state index in [4.69, 9.17) is 0 Å². The fraction of sp³-hybridized carbons (Fsp3) is 0.259. The summed E-state index contributed by atoms with van der Waals surface area (Å²) < 4.78 is 13.4. The van der Waals surface area contributed by atoms with E-state index in [-0.39, 0.29) is 17.6 Å². The van der Waals surface area contributed by atoms with E-state index in [9.17, 15) is 14.0 Å². The number of hydrogen-bond acceptors (Lipinski definition) is 2. The number of amides is 2. The summed E-state index contributed by atoms with van der Waals surface area (Å²) in [5.74, 6) is -0.644. The summed E-state index contributed by atoms with van der Waals surface area (Å²) in [6.07, 6.45) is 3.87. The number of benzene rings is 3. The Bertz CT molecular complexity index is 1000. The van der Waals surface area contributed by atoms with E-state index in [0.29, 0.717) is 36.3 Å². The van der Waals surface area contributed by atoms with Gasteiger partial charge >= 0.3 is 0 Å². The molecule has 0 atom stereocenters. The molecular formula is C27H29FN2O2. The lowest BCUT2D eigenvalue weighted by Gasteiger charge is -2.23. The standard InChI is InChI=1S/C27H29FN2O2/c1-2-3-8-21-11-13-22(14-12-21)26(31)29-19-7-20-30(25-17-15-24(28)16-18-25)27(32)23-9-5-4-6-10-23/h4-6,9-18H,2-3,7-8,19-20H2,1H3,(H,29,31). The molecule has 0 fully saturated rings. The van der Waals surface area contributed by atoms with Crippen LogP contribution in [0.4, 0.5) is 10.1 Å². The molecule has 0 heterocycles. The SMILES string of the molecule is CCCCc1ccc(C(=O)NCCCN(C(=O)c2ccccc2)c2ccc(F)cc2)cc1. The topological polar surface area (TPSA) is 49.4 Å². The summed E-state index contributed by atoms with van der Waals surface area (Å²) in [6, 6.07) is 22.5. The van der Waals surface area contributed by atoms with Gasteiger partial charge in [0.1, 0.15) is 5.82 Å². The van der Waals surface area contributed by atoms with Crippen molar-refractivity contribution in [2.45, 2.75) is 32.6 Å². The zero-order chi connectivity index (χ0) is 22.8. The maximum absolute atomic E-state index is 13.4. The molecule has 1 N–H and O–H groups in total. The van der Waals surface area contributed by atoms with Gasteiger partial charge in [0.15, 0.2) is 0 Å². The number of aryl methyl sites for hydroxylation is 1. The molecule has 5 heteroatoms. The number of hydrogen-bond donors (Lipinski definition) is 1. The molecule has 32 heavy (non-hydrogen) atoms. The van der Waals surface area contributed by atoms with E-state index in [0.717, 1.165) is 19.3 Å². The number of nitrogens with one attached hydrogen (secondary N) is 1. The summed E-state index contributed by atoms with van der Waals surface area (Å²) in [6.45, 7) is 2.98. The Kier molecular flexibility index (Phi) is 8.55. The zero-order valence-corrected chi connectivity index (χ0v) is 18.4. The Hall–Kier alpha value is -3.47. The van der Waals surface area contributed by atoms with Crippen LogP contribution in [0.5, 0.6) is 0 Å². The van der Waals surface area contributed by atoms with Gasteiger partial charge < -0.3 is 10.2 Å². The summed E-state index contributed by atoms with van der Waals surface area (Å²) in [7, 11) is 0. The third kappa shape index (κ3) is 6.51. The molecule has 0 aliphatic heterocycles. The smallest absolute Gasteiger partial charge is 0.258 e. The van der Waals surface area contributed by atoms with Gasteiger partial charge in [0.05, 0.1) is 0 Å². The quantitative estimate of drug-likeness (QED) is 0.422. The number of carbonyl (C=O) groups excluding carboxylic acids is 2. The third-order valence-electron chi connectivity index (χ3n) is 5.28. The molecule has 0 radical (unpaired) electrons. The number of halogens is 1. The molecule has 0 aliphatic rings. The predicted octanol–water partition coefficient (Wildman–Crippen LogP) is 5.64. The minimum absolute atomic E-state index is 0.130. The molecule has 0 unspecified atom stereocenters. The molecule has 4 nitrogen and oxygen atoms in total. The van der Waals surface area contributed by atoms with Crippen LogP contribution < -0.4 is 10.2 Å². The number of rotatable bonds is 10. The normalized spacial score (nSPS) is 10.6. The summed E-state index contributed by atoms with van der Waals surface area (Å²) >= 11 is 0. The molecule has 0 bridgehead atoms. The van der Waals surface area contributed by atoms with Gasteiger partial charge in [0.25, 0.3) is 11.8 Å². The minimum Gasteiger partial charge on any atom is -0.352 e. The molecule has 0 aromatic heterocycles. The summed E-state index contributed by atoms with van der Waals surface area (Å²) in [5, 5.41) is 2.92. The molecule has 166 valence electrons. The number of anilines is 1. The van der Waals surface area contributed by atoms with Crippen LogP contribution in [0.3, 0.4) is 0 Å². The summed E-state index contributed by atoms with van der Waals surface area (Å²) in [5.41, 5.74) is 3.04. The van der Waals surface area contributed by atoms with Gasteiger partial charge in [-0.25, -0.2) is 4.39 Å². The fourth-order valence-electron chi connectivity index (χ4n) is 3.45. The van der Waals surface area contributed by atoms with E-state index < -0.39 is 0 Å². The number of unbranched alkanes of at least 4 members (excludes halogenated alkanes) is 1. The van der Waals surface area contributed by atoms with Gasteiger partial charge in [-0.1, -0.05) is 43.7 Å². The second-order valence-corrected chi connectivity index (χ2v) is 7.71. The number of carbonyl (C=O) groups is 2. The van der Waals surface area contributed by atoms with Crippen molar-refractivity contribution in [2.75, 3.05) is 18.0 Å². The lowest BCUT2D eigenvalue weighted by atomic mass is 10.1. The van der Waals surface area contributed by atoms with Crippen molar-refractivity contribution in [3.05, 3.63) is 101 Å². The average molecular weight is 433 g/mol. The monoisotopic (exact) mass is 432 g/mol. The molecular weight excluding hydrogens is 403 g/mol. The first kappa shape index (κ1) is 23.2. The Morgan fingerprint density at radius 3 is 2.19 bits per heavy atom. The van der Waals surface area contributed by atoms with Crippen LogP contribution in [0.2, 0.25) is 0 Å². The highest BCUT2D eigenvalue weighted by Crippen LogP contribution is 2.18. The van der Waals surface area contributed by atoms with Gasteiger partial charge in [-0.15, -0.1) is 0 Å². The van der Waals surface area contributed by atoms with E-state index in [1.54, 1.807) is 29.2 Å². The highest BCUT2D eigenvalue weighted by Gasteiger charge is 2.17. The Labute approximate surface area is 189 Å².